The highest BCUT2D eigenvalue weighted by atomic mass is 16.3. The number of aromatic nitrogens is 5. The second-order valence-corrected chi connectivity index (χ2v) is 5.89. The first-order valence-corrected chi connectivity index (χ1v) is 8.36. The minimum Gasteiger partial charge on any atom is -0.390 e. The van der Waals surface area contributed by atoms with Crippen LogP contribution in [0.5, 0.6) is 0 Å². The molecular weight excluding hydrogens is 328 g/mol. The minimum atomic E-state index is -0.111. The number of benzene rings is 1. The Kier molecular flexibility index (Phi) is 4.39. The molecule has 4 rings (SSSR count). The van der Waals surface area contributed by atoms with E-state index in [9.17, 15) is 5.11 Å². The predicted octanol–water partition coefficient (Wildman–Crippen LogP) is 1.87. The highest BCUT2D eigenvalue weighted by Gasteiger charge is 2.10. The highest BCUT2D eigenvalue weighted by molar-refractivity contribution is 5.84. The van der Waals surface area contributed by atoms with Gasteiger partial charge in [0.05, 0.1) is 24.0 Å². The molecule has 0 saturated carbocycles. The molecule has 0 aliphatic rings. The average Bonchev–Trinajstić information content (AvgIpc) is 3.12. The Hall–Kier alpha value is -3.16. The summed E-state index contributed by atoms with van der Waals surface area (Å²) in [7, 11) is 0. The van der Waals surface area contributed by atoms with E-state index in [1.165, 1.54) is 0 Å². The third-order valence-corrected chi connectivity index (χ3v) is 4.11. The van der Waals surface area contributed by atoms with E-state index in [1.807, 2.05) is 36.4 Å². The van der Waals surface area contributed by atoms with Gasteiger partial charge in [0.1, 0.15) is 0 Å². The largest absolute Gasteiger partial charge is 0.390 e. The van der Waals surface area contributed by atoms with E-state index in [0.717, 1.165) is 22.2 Å². The molecule has 0 spiro atoms. The molecule has 0 amide bonds. The van der Waals surface area contributed by atoms with Crippen molar-refractivity contribution >= 4 is 10.9 Å². The van der Waals surface area contributed by atoms with E-state index in [1.54, 1.807) is 23.1 Å². The minimum absolute atomic E-state index is 0.111. The van der Waals surface area contributed by atoms with Crippen molar-refractivity contribution in [2.75, 3.05) is 6.54 Å². The van der Waals surface area contributed by atoms with Crippen LogP contribution in [0.15, 0.2) is 54.9 Å². The fourth-order valence-corrected chi connectivity index (χ4v) is 2.84. The lowest BCUT2D eigenvalue weighted by molar-refractivity contribution is 0.276. The number of aliphatic hydroxyl groups excluding tert-OH is 1. The Bertz CT molecular complexity index is 1060. The van der Waals surface area contributed by atoms with Crippen LogP contribution >= 0.6 is 0 Å². The van der Waals surface area contributed by atoms with E-state index in [4.69, 9.17) is 5.73 Å². The quantitative estimate of drug-likeness (QED) is 0.572. The van der Waals surface area contributed by atoms with Crippen molar-refractivity contribution in [2.24, 2.45) is 5.73 Å². The molecule has 130 valence electrons. The molecular formula is C19H18N6O. The van der Waals surface area contributed by atoms with Crippen molar-refractivity contribution < 1.29 is 5.11 Å². The fourth-order valence-electron chi connectivity index (χ4n) is 2.84. The molecule has 0 atom stereocenters. The summed E-state index contributed by atoms with van der Waals surface area (Å²) in [5.74, 6) is 1.31. The second kappa shape index (κ2) is 6.99. The van der Waals surface area contributed by atoms with Crippen LogP contribution < -0.4 is 5.73 Å². The molecule has 0 unspecified atom stereocenters. The summed E-state index contributed by atoms with van der Waals surface area (Å²) in [4.78, 5) is 13.4. The number of aliphatic hydroxyl groups is 1. The van der Waals surface area contributed by atoms with Gasteiger partial charge in [-0.15, -0.1) is 0 Å². The standard InChI is InChI=1S/C19H18N6O/c20-8-6-15-7-9-21-19(24-15)13-4-5-14-11-22-25(17(14)10-13)18-3-1-2-16(12-26)23-18/h1-5,7,9-11,26H,6,8,12,20H2. The molecule has 1 aromatic carbocycles. The predicted molar refractivity (Wildman–Crippen MR) is 98.6 cm³/mol. The molecule has 3 N–H and O–H groups in total. The van der Waals surface area contributed by atoms with Crippen LogP contribution in [0.1, 0.15) is 11.4 Å². The summed E-state index contributed by atoms with van der Waals surface area (Å²) in [6.07, 6.45) is 4.26. The molecule has 0 radical (unpaired) electrons. The number of hydrogen-bond donors (Lipinski definition) is 2. The Morgan fingerprint density at radius 2 is 1.96 bits per heavy atom. The van der Waals surface area contributed by atoms with Crippen molar-refractivity contribution in [3.05, 3.63) is 66.2 Å². The maximum Gasteiger partial charge on any atom is 0.159 e. The van der Waals surface area contributed by atoms with Crippen LogP contribution in [-0.4, -0.2) is 36.4 Å². The molecule has 4 aromatic rings. The van der Waals surface area contributed by atoms with Crippen molar-refractivity contribution in [2.45, 2.75) is 13.0 Å². The SMILES string of the molecule is NCCc1ccnc(-c2ccc3cnn(-c4cccc(CO)n4)c3c2)n1. The van der Waals surface area contributed by atoms with E-state index in [2.05, 4.69) is 20.1 Å². The summed E-state index contributed by atoms with van der Waals surface area (Å²) in [5.41, 5.74) is 8.94. The zero-order valence-corrected chi connectivity index (χ0v) is 14.1. The van der Waals surface area contributed by atoms with Gasteiger partial charge >= 0.3 is 0 Å². The third-order valence-electron chi connectivity index (χ3n) is 4.11. The van der Waals surface area contributed by atoms with Gasteiger partial charge in [-0.1, -0.05) is 18.2 Å². The van der Waals surface area contributed by atoms with Crippen molar-refractivity contribution in [3.63, 3.8) is 0 Å². The molecule has 0 aliphatic heterocycles. The van der Waals surface area contributed by atoms with Crippen molar-refractivity contribution in [1.29, 1.82) is 0 Å². The first kappa shape index (κ1) is 16.3. The second-order valence-electron chi connectivity index (χ2n) is 5.89. The lowest BCUT2D eigenvalue weighted by Gasteiger charge is -2.06. The summed E-state index contributed by atoms with van der Waals surface area (Å²) in [6.45, 7) is 0.440. The number of hydrogen-bond acceptors (Lipinski definition) is 6. The summed E-state index contributed by atoms with van der Waals surface area (Å²) in [6, 6.07) is 13.3. The Balaban J connectivity index is 1.81. The summed E-state index contributed by atoms with van der Waals surface area (Å²) < 4.78 is 1.75. The van der Waals surface area contributed by atoms with Gasteiger partial charge in [-0.3, -0.25) is 0 Å². The van der Waals surface area contributed by atoms with E-state index < -0.39 is 0 Å². The molecule has 0 aliphatic carbocycles. The highest BCUT2D eigenvalue weighted by Crippen LogP contribution is 2.24. The lowest BCUT2D eigenvalue weighted by atomic mass is 10.1. The molecule has 7 nitrogen and oxygen atoms in total. The number of fused-ring (bicyclic) bond motifs is 1. The van der Waals surface area contributed by atoms with Gasteiger partial charge < -0.3 is 10.8 Å². The van der Waals surface area contributed by atoms with Gasteiger partial charge in [0, 0.05) is 29.3 Å². The fraction of sp³-hybridized carbons (Fsp3) is 0.158. The van der Waals surface area contributed by atoms with Crippen LogP contribution in [0.3, 0.4) is 0 Å². The summed E-state index contributed by atoms with van der Waals surface area (Å²) in [5, 5.41) is 14.7. The molecule has 3 heterocycles. The topological polar surface area (TPSA) is 103 Å². The van der Waals surface area contributed by atoms with E-state index in [-0.39, 0.29) is 6.61 Å². The zero-order chi connectivity index (χ0) is 17.9. The molecule has 26 heavy (non-hydrogen) atoms. The number of nitrogens with two attached hydrogens (primary N) is 1. The number of rotatable bonds is 5. The van der Waals surface area contributed by atoms with E-state index in [0.29, 0.717) is 30.3 Å². The molecule has 0 fully saturated rings. The van der Waals surface area contributed by atoms with Crippen molar-refractivity contribution in [1.82, 2.24) is 24.7 Å². The average molecular weight is 346 g/mol. The smallest absolute Gasteiger partial charge is 0.159 e. The lowest BCUT2D eigenvalue weighted by Crippen LogP contribution is -2.05. The van der Waals surface area contributed by atoms with Crippen LogP contribution in [-0.2, 0) is 13.0 Å². The first-order chi connectivity index (χ1) is 12.8. The van der Waals surface area contributed by atoms with Gasteiger partial charge in [0.15, 0.2) is 11.6 Å². The van der Waals surface area contributed by atoms with E-state index >= 15 is 0 Å². The third kappa shape index (κ3) is 3.05. The van der Waals surface area contributed by atoms with Gasteiger partial charge in [-0.2, -0.15) is 5.10 Å². The monoisotopic (exact) mass is 346 g/mol. The van der Waals surface area contributed by atoms with Crippen LogP contribution in [0.4, 0.5) is 0 Å². The number of pyridine rings is 1. The van der Waals surface area contributed by atoms with Gasteiger partial charge in [0.25, 0.3) is 0 Å². The van der Waals surface area contributed by atoms with Gasteiger partial charge in [-0.25, -0.2) is 19.6 Å². The van der Waals surface area contributed by atoms with Gasteiger partial charge in [0.2, 0.25) is 0 Å². The van der Waals surface area contributed by atoms with Crippen LogP contribution in [0.25, 0.3) is 28.1 Å². The molecule has 3 aromatic heterocycles. The van der Waals surface area contributed by atoms with Crippen LogP contribution in [0.2, 0.25) is 0 Å². The van der Waals surface area contributed by atoms with Gasteiger partial charge in [-0.05, 0) is 30.8 Å². The molecule has 7 heteroatoms. The summed E-state index contributed by atoms with van der Waals surface area (Å²) >= 11 is 0. The zero-order valence-electron chi connectivity index (χ0n) is 14.1. The Morgan fingerprint density at radius 3 is 2.81 bits per heavy atom. The van der Waals surface area contributed by atoms with Crippen molar-refractivity contribution in [3.8, 4) is 17.2 Å². The number of nitrogens with zero attached hydrogens (tertiary/aromatic N) is 5. The normalized spacial score (nSPS) is 11.2. The molecule has 0 saturated heterocycles. The Labute approximate surface area is 150 Å². The molecule has 0 bridgehead atoms. The first-order valence-electron chi connectivity index (χ1n) is 8.36. The maximum atomic E-state index is 9.32. The van der Waals surface area contributed by atoms with Crippen LogP contribution in [0, 0.1) is 0 Å². The Morgan fingerprint density at radius 1 is 1.04 bits per heavy atom. The maximum absolute atomic E-state index is 9.32.